The van der Waals surface area contributed by atoms with Crippen LogP contribution in [0.1, 0.15) is 46.8 Å². The van der Waals surface area contributed by atoms with Gasteiger partial charge in [-0.25, -0.2) is 0 Å². The van der Waals surface area contributed by atoms with Gasteiger partial charge in [0.15, 0.2) is 11.5 Å². The highest BCUT2D eigenvalue weighted by atomic mass is 16.5. The number of hydrogen-bond acceptors (Lipinski definition) is 6. The summed E-state index contributed by atoms with van der Waals surface area (Å²) in [4.78, 5) is 0. The molecule has 3 aliphatic heterocycles. The molecule has 2 aromatic carbocycles. The molecule has 6 nitrogen and oxygen atoms in total. The van der Waals surface area contributed by atoms with Gasteiger partial charge >= 0.3 is 0 Å². The molecule has 28 heavy (non-hydrogen) atoms. The van der Waals surface area contributed by atoms with Gasteiger partial charge in [0.2, 0.25) is 0 Å². The molecule has 0 saturated heterocycles. The monoisotopic (exact) mass is 382 g/mol. The Morgan fingerprint density at radius 3 is 2.71 bits per heavy atom. The molecule has 0 saturated carbocycles. The lowest BCUT2D eigenvalue weighted by molar-refractivity contribution is 0.131. The van der Waals surface area contributed by atoms with E-state index >= 15 is 0 Å². The molecule has 0 radical (unpaired) electrons. The van der Waals surface area contributed by atoms with Gasteiger partial charge in [-0.05, 0) is 42.7 Å². The first-order chi connectivity index (χ1) is 13.6. The number of phenolic OH excluding ortho intramolecular Hbond substituents is 2. The first kappa shape index (κ1) is 17.4. The van der Waals surface area contributed by atoms with Gasteiger partial charge in [-0.3, -0.25) is 0 Å². The van der Waals surface area contributed by atoms with E-state index in [1.54, 1.807) is 0 Å². The van der Waals surface area contributed by atoms with Crippen molar-refractivity contribution >= 4 is 0 Å². The maximum atomic E-state index is 10.4. The summed E-state index contributed by atoms with van der Waals surface area (Å²) in [5, 5.41) is 29.9. The minimum Gasteiger partial charge on any atom is -0.504 e. The summed E-state index contributed by atoms with van der Waals surface area (Å²) in [6.45, 7) is 3.41. The fourth-order valence-corrected chi connectivity index (χ4v) is 4.26. The first-order valence-electron chi connectivity index (χ1n) is 9.44. The summed E-state index contributed by atoms with van der Waals surface area (Å²) in [7, 11) is 0. The highest BCUT2D eigenvalue weighted by Gasteiger charge is 2.43. The lowest BCUT2D eigenvalue weighted by atomic mass is 9.86. The van der Waals surface area contributed by atoms with Crippen LogP contribution >= 0.6 is 0 Å². The van der Waals surface area contributed by atoms with Crippen LogP contribution in [0.5, 0.6) is 23.0 Å². The molecule has 146 valence electrons. The second kappa shape index (κ2) is 6.43. The predicted molar refractivity (Wildman–Crippen MR) is 101 cm³/mol. The Hall–Kier alpha value is -2.70. The van der Waals surface area contributed by atoms with Crippen LogP contribution in [-0.4, -0.2) is 28.5 Å². The fraction of sp³-hybridized carbons (Fsp3) is 0.364. The Morgan fingerprint density at radius 2 is 1.93 bits per heavy atom. The lowest BCUT2D eigenvalue weighted by Crippen LogP contribution is -2.24. The van der Waals surface area contributed by atoms with Gasteiger partial charge in [0.25, 0.3) is 0 Å². The SMILES string of the molecule is CC(=CCc1c(O)c(O)cc2c1OCC1c3cc4c(cc3OC21)COC4)CO. The number of aliphatic hydroxyl groups excluding tert-OH is 1. The van der Waals surface area contributed by atoms with Gasteiger partial charge in [-0.1, -0.05) is 11.6 Å². The molecule has 6 heteroatoms. The second-order valence-corrected chi connectivity index (χ2v) is 7.66. The molecule has 0 aromatic heterocycles. The number of phenols is 2. The van der Waals surface area contributed by atoms with Crippen molar-refractivity contribution in [3.63, 3.8) is 0 Å². The molecule has 3 heterocycles. The maximum absolute atomic E-state index is 10.4. The van der Waals surface area contributed by atoms with E-state index in [2.05, 4.69) is 6.07 Å². The van der Waals surface area contributed by atoms with Crippen molar-refractivity contribution in [3.05, 3.63) is 57.7 Å². The standard InChI is InChI=1S/C22H22O6/c1-11(7-23)2-3-14-20(25)18(24)6-16-21(14)27-10-17-15-4-12-8-26-9-13(12)5-19(15)28-22(16)17/h2,4-6,17,22-25H,3,7-10H2,1H3. The number of fused-ring (bicyclic) bond motifs is 6. The van der Waals surface area contributed by atoms with Crippen molar-refractivity contribution in [1.82, 2.24) is 0 Å². The number of hydrogen-bond donors (Lipinski definition) is 3. The maximum Gasteiger partial charge on any atom is 0.164 e. The molecule has 0 amide bonds. The molecule has 0 fully saturated rings. The third-order valence-corrected chi connectivity index (χ3v) is 5.84. The van der Waals surface area contributed by atoms with Gasteiger partial charge in [0.1, 0.15) is 17.6 Å². The van der Waals surface area contributed by atoms with Crippen molar-refractivity contribution < 1.29 is 29.5 Å². The van der Waals surface area contributed by atoms with Crippen LogP contribution in [0.4, 0.5) is 0 Å². The molecule has 5 rings (SSSR count). The van der Waals surface area contributed by atoms with E-state index in [4.69, 9.17) is 14.2 Å². The summed E-state index contributed by atoms with van der Waals surface area (Å²) < 4.78 is 17.9. The normalized spacial score (nSPS) is 22.0. The van der Waals surface area contributed by atoms with Crippen molar-refractivity contribution in [2.45, 2.75) is 38.6 Å². The Bertz CT molecular complexity index is 993. The van der Waals surface area contributed by atoms with Crippen LogP contribution in [-0.2, 0) is 24.4 Å². The molecular formula is C22H22O6. The van der Waals surface area contributed by atoms with Crippen LogP contribution in [0.3, 0.4) is 0 Å². The Labute approximate surface area is 162 Å². The highest BCUT2D eigenvalue weighted by molar-refractivity contribution is 5.61. The van der Waals surface area contributed by atoms with Gasteiger partial charge in [-0.2, -0.15) is 0 Å². The molecule has 2 atom stereocenters. The van der Waals surface area contributed by atoms with E-state index in [1.165, 1.54) is 11.6 Å². The van der Waals surface area contributed by atoms with E-state index in [1.807, 2.05) is 19.1 Å². The zero-order chi connectivity index (χ0) is 19.4. The minimum absolute atomic E-state index is 0.0277. The molecule has 2 unspecified atom stereocenters. The molecule has 3 N–H and O–H groups in total. The average Bonchev–Trinajstić information content (AvgIpc) is 3.29. The van der Waals surface area contributed by atoms with Gasteiger partial charge in [-0.15, -0.1) is 0 Å². The summed E-state index contributed by atoms with van der Waals surface area (Å²) in [6.07, 6.45) is 1.90. The van der Waals surface area contributed by atoms with Crippen LogP contribution in [0, 0.1) is 0 Å². The number of benzene rings is 2. The van der Waals surface area contributed by atoms with E-state index in [9.17, 15) is 15.3 Å². The molecule has 0 spiro atoms. The lowest BCUT2D eigenvalue weighted by Gasteiger charge is -2.30. The Balaban J connectivity index is 1.56. The fourth-order valence-electron chi connectivity index (χ4n) is 4.26. The number of allylic oxidation sites excluding steroid dienone is 1. The summed E-state index contributed by atoms with van der Waals surface area (Å²) in [5.74, 6) is 1.04. The van der Waals surface area contributed by atoms with Crippen molar-refractivity contribution in [2.24, 2.45) is 0 Å². The number of rotatable bonds is 3. The van der Waals surface area contributed by atoms with Gasteiger partial charge in [0.05, 0.1) is 32.3 Å². The third kappa shape index (κ3) is 2.56. The zero-order valence-corrected chi connectivity index (χ0v) is 15.6. The quantitative estimate of drug-likeness (QED) is 0.558. The average molecular weight is 382 g/mol. The van der Waals surface area contributed by atoms with E-state index in [0.29, 0.717) is 37.6 Å². The second-order valence-electron chi connectivity index (χ2n) is 7.66. The Morgan fingerprint density at radius 1 is 1.14 bits per heavy atom. The molecule has 2 aromatic rings. The molecular weight excluding hydrogens is 360 g/mol. The van der Waals surface area contributed by atoms with Crippen molar-refractivity contribution in [2.75, 3.05) is 13.2 Å². The summed E-state index contributed by atoms with van der Waals surface area (Å²) in [5.41, 5.74) is 5.47. The first-order valence-corrected chi connectivity index (χ1v) is 9.44. The van der Waals surface area contributed by atoms with Gasteiger partial charge in [0, 0.05) is 16.7 Å². The largest absolute Gasteiger partial charge is 0.504 e. The smallest absolute Gasteiger partial charge is 0.164 e. The van der Waals surface area contributed by atoms with Crippen LogP contribution in [0.2, 0.25) is 0 Å². The molecule has 0 aliphatic carbocycles. The van der Waals surface area contributed by atoms with E-state index in [-0.39, 0.29) is 30.1 Å². The van der Waals surface area contributed by atoms with Gasteiger partial charge < -0.3 is 29.5 Å². The summed E-state index contributed by atoms with van der Waals surface area (Å²) >= 11 is 0. The number of ether oxygens (including phenoxy) is 3. The zero-order valence-electron chi connectivity index (χ0n) is 15.6. The molecule has 3 aliphatic rings. The van der Waals surface area contributed by atoms with Crippen molar-refractivity contribution in [3.8, 4) is 23.0 Å². The summed E-state index contributed by atoms with van der Waals surface area (Å²) in [6, 6.07) is 5.73. The Kier molecular flexibility index (Phi) is 4.00. The van der Waals surface area contributed by atoms with E-state index < -0.39 is 0 Å². The van der Waals surface area contributed by atoms with Crippen molar-refractivity contribution in [1.29, 1.82) is 0 Å². The topological polar surface area (TPSA) is 88.4 Å². The third-order valence-electron chi connectivity index (χ3n) is 5.84. The highest BCUT2D eigenvalue weighted by Crippen LogP contribution is 2.55. The van der Waals surface area contributed by atoms with E-state index in [0.717, 1.165) is 28.0 Å². The number of aromatic hydroxyl groups is 2. The van der Waals surface area contributed by atoms with Crippen LogP contribution < -0.4 is 9.47 Å². The minimum atomic E-state index is -0.268. The predicted octanol–water partition coefficient (Wildman–Crippen LogP) is 3.22. The number of aliphatic hydroxyl groups is 1. The molecule has 0 bridgehead atoms. The van der Waals surface area contributed by atoms with Crippen LogP contribution in [0.15, 0.2) is 29.8 Å². The van der Waals surface area contributed by atoms with Crippen LogP contribution in [0.25, 0.3) is 0 Å².